The standard InChI is InChI=1S/C21H28N2O4/c1-14-10-15(2)12-18(11-14)20(25)23-7-3-4-17(13-23)19(24)22-8-5-16(6-9-22)21(26)27/h10-12,16-17H,3-9,13H2,1-2H3,(H,26,27). The number of piperidine rings is 2. The molecule has 0 bridgehead atoms. The highest BCUT2D eigenvalue weighted by atomic mass is 16.4. The molecule has 0 radical (unpaired) electrons. The fourth-order valence-corrected chi connectivity index (χ4v) is 4.25. The summed E-state index contributed by atoms with van der Waals surface area (Å²) in [6, 6.07) is 5.84. The van der Waals surface area contributed by atoms with Gasteiger partial charge in [-0.1, -0.05) is 17.2 Å². The van der Waals surface area contributed by atoms with Gasteiger partial charge in [-0.25, -0.2) is 0 Å². The first-order chi connectivity index (χ1) is 12.8. The molecule has 6 heteroatoms. The first-order valence-electron chi connectivity index (χ1n) is 9.74. The highest BCUT2D eigenvalue weighted by Gasteiger charge is 2.34. The van der Waals surface area contributed by atoms with Crippen LogP contribution in [0.2, 0.25) is 0 Å². The van der Waals surface area contributed by atoms with Crippen molar-refractivity contribution < 1.29 is 19.5 Å². The van der Waals surface area contributed by atoms with Gasteiger partial charge in [-0.3, -0.25) is 14.4 Å². The SMILES string of the molecule is Cc1cc(C)cc(C(=O)N2CCCC(C(=O)N3CCC(C(=O)O)CC3)C2)c1. The fourth-order valence-electron chi connectivity index (χ4n) is 4.25. The summed E-state index contributed by atoms with van der Waals surface area (Å²) in [5.74, 6) is -1.25. The van der Waals surface area contributed by atoms with Gasteiger partial charge >= 0.3 is 5.97 Å². The Kier molecular flexibility index (Phi) is 5.82. The predicted octanol–water partition coefficient (Wildman–Crippen LogP) is 2.48. The second-order valence-corrected chi connectivity index (χ2v) is 7.90. The first-order valence-corrected chi connectivity index (χ1v) is 9.74. The summed E-state index contributed by atoms with van der Waals surface area (Å²) in [6.07, 6.45) is 2.63. The van der Waals surface area contributed by atoms with Gasteiger partial charge < -0.3 is 14.9 Å². The molecule has 1 aromatic carbocycles. The average Bonchev–Trinajstić information content (AvgIpc) is 2.66. The zero-order valence-corrected chi connectivity index (χ0v) is 16.1. The van der Waals surface area contributed by atoms with E-state index in [1.807, 2.05) is 32.0 Å². The van der Waals surface area contributed by atoms with Crippen LogP contribution in [0.3, 0.4) is 0 Å². The average molecular weight is 372 g/mol. The van der Waals surface area contributed by atoms with Crippen molar-refractivity contribution in [1.82, 2.24) is 9.80 Å². The molecular formula is C21H28N2O4. The highest BCUT2D eigenvalue weighted by molar-refractivity contribution is 5.95. The van der Waals surface area contributed by atoms with Gasteiger partial charge in [-0.2, -0.15) is 0 Å². The molecule has 0 aliphatic carbocycles. The van der Waals surface area contributed by atoms with E-state index in [4.69, 9.17) is 5.11 Å². The number of amides is 2. The van der Waals surface area contributed by atoms with Gasteiger partial charge in [0.05, 0.1) is 11.8 Å². The Morgan fingerprint density at radius 1 is 0.889 bits per heavy atom. The number of hydrogen-bond acceptors (Lipinski definition) is 3. The number of likely N-dealkylation sites (tertiary alicyclic amines) is 2. The summed E-state index contributed by atoms with van der Waals surface area (Å²) >= 11 is 0. The third-order valence-electron chi connectivity index (χ3n) is 5.68. The van der Waals surface area contributed by atoms with Crippen LogP contribution in [0.25, 0.3) is 0 Å². The van der Waals surface area contributed by atoms with Crippen molar-refractivity contribution in [1.29, 1.82) is 0 Å². The molecule has 0 aromatic heterocycles. The van der Waals surface area contributed by atoms with Crippen LogP contribution >= 0.6 is 0 Å². The summed E-state index contributed by atoms with van der Waals surface area (Å²) in [5.41, 5.74) is 2.80. The van der Waals surface area contributed by atoms with E-state index in [0.29, 0.717) is 44.6 Å². The molecule has 2 aliphatic rings. The van der Waals surface area contributed by atoms with Crippen molar-refractivity contribution in [2.75, 3.05) is 26.2 Å². The third kappa shape index (κ3) is 4.49. The van der Waals surface area contributed by atoms with Crippen LogP contribution < -0.4 is 0 Å². The summed E-state index contributed by atoms with van der Waals surface area (Å²) in [6.45, 7) is 6.08. The Hall–Kier alpha value is -2.37. The van der Waals surface area contributed by atoms with Crippen molar-refractivity contribution in [2.45, 2.75) is 39.5 Å². The Bertz CT molecular complexity index is 717. The molecule has 27 heavy (non-hydrogen) atoms. The predicted molar refractivity (Wildman–Crippen MR) is 101 cm³/mol. The van der Waals surface area contributed by atoms with E-state index in [0.717, 1.165) is 24.0 Å². The van der Waals surface area contributed by atoms with Crippen LogP contribution in [0.1, 0.15) is 47.2 Å². The van der Waals surface area contributed by atoms with Crippen LogP contribution in [0.15, 0.2) is 18.2 Å². The molecular weight excluding hydrogens is 344 g/mol. The Morgan fingerprint density at radius 3 is 2.11 bits per heavy atom. The molecule has 1 unspecified atom stereocenters. The first kappa shape index (κ1) is 19.4. The number of carbonyl (C=O) groups excluding carboxylic acids is 2. The minimum atomic E-state index is -0.773. The monoisotopic (exact) mass is 372 g/mol. The smallest absolute Gasteiger partial charge is 0.306 e. The van der Waals surface area contributed by atoms with Gasteiger partial charge in [0.2, 0.25) is 5.91 Å². The maximum atomic E-state index is 12.9. The van der Waals surface area contributed by atoms with Gasteiger partial charge in [0.1, 0.15) is 0 Å². The number of rotatable bonds is 3. The molecule has 0 spiro atoms. The van der Waals surface area contributed by atoms with E-state index >= 15 is 0 Å². The zero-order chi connectivity index (χ0) is 19.6. The number of carboxylic acids is 1. The zero-order valence-electron chi connectivity index (χ0n) is 16.1. The number of benzene rings is 1. The van der Waals surface area contributed by atoms with Crippen LogP contribution in [0.4, 0.5) is 0 Å². The van der Waals surface area contributed by atoms with E-state index in [2.05, 4.69) is 0 Å². The minimum Gasteiger partial charge on any atom is -0.481 e. The topological polar surface area (TPSA) is 77.9 Å². The van der Waals surface area contributed by atoms with E-state index < -0.39 is 5.97 Å². The molecule has 2 aliphatic heterocycles. The Balaban J connectivity index is 1.63. The van der Waals surface area contributed by atoms with Gasteiger partial charge in [-0.05, 0) is 51.7 Å². The number of aryl methyl sites for hydroxylation is 2. The quantitative estimate of drug-likeness (QED) is 0.884. The number of nitrogens with zero attached hydrogens (tertiary/aromatic N) is 2. The van der Waals surface area contributed by atoms with E-state index in [9.17, 15) is 14.4 Å². The number of carbonyl (C=O) groups is 3. The van der Waals surface area contributed by atoms with Crippen LogP contribution in [0, 0.1) is 25.7 Å². The van der Waals surface area contributed by atoms with Crippen molar-refractivity contribution in [2.24, 2.45) is 11.8 Å². The molecule has 2 fully saturated rings. The number of carboxylic acid groups (broad SMARTS) is 1. The number of hydrogen-bond donors (Lipinski definition) is 1. The third-order valence-corrected chi connectivity index (χ3v) is 5.68. The molecule has 3 rings (SSSR count). The molecule has 2 heterocycles. The van der Waals surface area contributed by atoms with Crippen molar-refractivity contribution in [3.63, 3.8) is 0 Å². The van der Waals surface area contributed by atoms with Gasteiger partial charge in [0.25, 0.3) is 5.91 Å². The number of aliphatic carboxylic acids is 1. The van der Waals surface area contributed by atoms with E-state index in [-0.39, 0.29) is 23.7 Å². The Morgan fingerprint density at radius 2 is 1.52 bits per heavy atom. The lowest BCUT2D eigenvalue weighted by Gasteiger charge is -2.37. The summed E-state index contributed by atoms with van der Waals surface area (Å²) < 4.78 is 0. The van der Waals surface area contributed by atoms with Crippen LogP contribution in [-0.4, -0.2) is 58.9 Å². The maximum Gasteiger partial charge on any atom is 0.306 e. The lowest BCUT2D eigenvalue weighted by atomic mass is 9.92. The second-order valence-electron chi connectivity index (χ2n) is 7.90. The normalized spacial score (nSPS) is 21.2. The second kappa shape index (κ2) is 8.11. The fraction of sp³-hybridized carbons (Fsp3) is 0.571. The van der Waals surface area contributed by atoms with Gasteiger partial charge in [0, 0.05) is 31.7 Å². The largest absolute Gasteiger partial charge is 0.481 e. The lowest BCUT2D eigenvalue weighted by molar-refractivity contribution is -0.147. The summed E-state index contributed by atoms with van der Waals surface area (Å²) in [4.78, 5) is 40.5. The maximum absolute atomic E-state index is 12.9. The summed E-state index contributed by atoms with van der Waals surface area (Å²) in [5, 5.41) is 9.11. The lowest BCUT2D eigenvalue weighted by Crippen LogP contribution is -2.49. The minimum absolute atomic E-state index is 0.0103. The van der Waals surface area contributed by atoms with Crippen molar-refractivity contribution in [3.8, 4) is 0 Å². The van der Waals surface area contributed by atoms with E-state index in [1.54, 1.807) is 9.80 Å². The van der Waals surface area contributed by atoms with Gasteiger partial charge in [-0.15, -0.1) is 0 Å². The van der Waals surface area contributed by atoms with Crippen molar-refractivity contribution in [3.05, 3.63) is 34.9 Å². The van der Waals surface area contributed by atoms with Crippen LogP contribution in [0.5, 0.6) is 0 Å². The molecule has 1 aromatic rings. The van der Waals surface area contributed by atoms with Crippen molar-refractivity contribution >= 4 is 17.8 Å². The molecule has 1 atom stereocenters. The highest BCUT2D eigenvalue weighted by Crippen LogP contribution is 2.24. The Labute approximate surface area is 160 Å². The molecule has 6 nitrogen and oxygen atoms in total. The van der Waals surface area contributed by atoms with Gasteiger partial charge in [0.15, 0.2) is 0 Å². The molecule has 146 valence electrons. The molecule has 1 N–H and O–H groups in total. The molecule has 2 amide bonds. The molecule has 2 saturated heterocycles. The summed E-state index contributed by atoms with van der Waals surface area (Å²) in [7, 11) is 0. The van der Waals surface area contributed by atoms with Crippen LogP contribution in [-0.2, 0) is 9.59 Å². The molecule has 0 saturated carbocycles. The van der Waals surface area contributed by atoms with E-state index in [1.165, 1.54) is 0 Å².